The summed E-state index contributed by atoms with van der Waals surface area (Å²) in [6, 6.07) is 9.66. The van der Waals surface area contributed by atoms with Crippen LogP contribution in [0, 0.1) is 17.6 Å². The van der Waals surface area contributed by atoms with E-state index in [9.17, 15) is 18.4 Å². The van der Waals surface area contributed by atoms with Crippen molar-refractivity contribution in [3.8, 4) is 5.75 Å². The van der Waals surface area contributed by atoms with Crippen molar-refractivity contribution < 1.29 is 23.1 Å². The molecular weight excluding hydrogens is 428 g/mol. The normalized spacial score (nSPS) is 24.0. The minimum atomic E-state index is -0.951. The van der Waals surface area contributed by atoms with E-state index in [0.717, 1.165) is 29.4 Å². The Labute approximate surface area is 189 Å². The number of halogens is 2. The molecule has 0 aromatic heterocycles. The number of nitrogens with one attached hydrogen (secondary N) is 1. The summed E-state index contributed by atoms with van der Waals surface area (Å²) in [4.78, 5) is 29.5. The van der Waals surface area contributed by atoms with E-state index >= 15 is 0 Å². The Morgan fingerprint density at radius 2 is 1.94 bits per heavy atom. The van der Waals surface area contributed by atoms with Crippen LogP contribution in [0.15, 0.2) is 42.5 Å². The molecule has 33 heavy (non-hydrogen) atoms. The first-order chi connectivity index (χ1) is 15.9. The highest BCUT2D eigenvalue weighted by Crippen LogP contribution is 2.56. The van der Waals surface area contributed by atoms with Crippen LogP contribution in [0.4, 0.5) is 19.3 Å². The zero-order valence-corrected chi connectivity index (χ0v) is 18.1. The topological polar surface area (TPSA) is 61.9 Å². The predicted molar refractivity (Wildman–Crippen MR) is 118 cm³/mol. The smallest absolute Gasteiger partial charge is 0.323 e. The quantitative estimate of drug-likeness (QED) is 0.761. The highest BCUT2D eigenvalue weighted by Gasteiger charge is 2.58. The standard InChI is InChI=1S/C25H23F2N3O3/c1-33-16-4-2-15(3-5-16)17-10-14-11-20(17)29(12-14)21(31)13-30-24(32)28-19-7-6-18(26)23(27)22(19)25(30)8-9-25/h2-7,10,14,20H,8-9,11-13H2,1H3,(H,28,32)/t14-,20-/m1/s1. The summed E-state index contributed by atoms with van der Waals surface area (Å²) in [7, 11) is 1.62. The molecule has 0 unspecified atom stereocenters. The SMILES string of the molecule is COc1ccc(C2=C[C@@H]3C[C@H]2N(C(=O)CN2C(=O)Nc4ccc(F)c(F)c4C24CC4)C3)cc1. The van der Waals surface area contributed by atoms with E-state index in [2.05, 4.69) is 11.4 Å². The fourth-order valence-electron chi connectivity index (χ4n) is 5.71. The lowest BCUT2D eigenvalue weighted by atomic mass is 9.97. The minimum absolute atomic E-state index is 0.0552. The first-order valence-electron chi connectivity index (χ1n) is 11.1. The fraction of sp³-hybridized carbons (Fsp3) is 0.360. The Morgan fingerprint density at radius 3 is 2.61 bits per heavy atom. The zero-order valence-electron chi connectivity index (χ0n) is 18.1. The molecule has 2 fully saturated rings. The third-order valence-corrected chi connectivity index (χ3v) is 7.43. The molecule has 1 saturated carbocycles. The van der Waals surface area contributed by atoms with Crippen molar-refractivity contribution in [1.82, 2.24) is 9.80 Å². The van der Waals surface area contributed by atoms with Crippen LogP contribution in [0.5, 0.6) is 5.75 Å². The van der Waals surface area contributed by atoms with Gasteiger partial charge in [-0.25, -0.2) is 13.6 Å². The van der Waals surface area contributed by atoms with Crippen molar-refractivity contribution >= 4 is 23.2 Å². The molecule has 1 spiro atoms. The van der Waals surface area contributed by atoms with Crippen LogP contribution in [0.1, 0.15) is 30.4 Å². The van der Waals surface area contributed by atoms with Crippen LogP contribution < -0.4 is 10.1 Å². The number of hydrogen-bond acceptors (Lipinski definition) is 3. The van der Waals surface area contributed by atoms with E-state index in [0.29, 0.717) is 19.4 Å². The summed E-state index contributed by atoms with van der Waals surface area (Å²) in [6.07, 6.45) is 4.09. The van der Waals surface area contributed by atoms with Gasteiger partial charge in [-0.2, -0.15) is 0 Å². The number of fused-ring (bicyclic) bond motifs is 4. The number of carbonyl (C=O) groups excluding carboxylic acids is 2. The van der Waals surface area contributed by atoms with E-state index in [4.69, 9.17) is 4.74 Å². The molecule has 8 heteroatoms. The van der Waals surface area contributed by atoms with Crippen LogP contribution >= 0.6 is 0 Å². The van der Waals surface area contributed by atoms with Gasteiger partial charge in [-0.1, -0.05) is 18.2 Å². The Kier molecular flexibility index (Phi) is 4.31. The van der Waals surface area contributed by atoms with Crippen LogP contribution in [0.3, 0.4) is 0 Å². The van der Waals surface area contributed by atoms with E-state index in [1.807, 2.05) is 29.2 Å². The second-order valence-electron chi connectivity index (χ2n) is 9.24. The third-order valence-electron chi connectivity index (χ3n) is 7.43. The van der Waals surface area contributed by atoms with Gasteiger partial charge in [0.15, 0.2) is 11.6 Å². The Morgan fingerprint density at radius 1 is 1.18 bits per heavy atom. The molecule has 2 aliphatic heterocycles. The lowest BCUT2D eigenvalue weighted by molar-refractivity contribution is -0.132. The van der Waals surface area contributed by atoms with Gasteiger partial charge in [0.25, 0.3) is 0 Å². The number of methoxy groups -OCH3 is 1. The molecule has 2 aromatic rings. The Hall–Kier alpha value is -3.42. The summed E-state index contributed by atoms with van der Waals surface area (Å²) in [5, 5.41) is 2.64. The molecule has 0 radical (unpaired) electrons. The third kappa shape index (κ3) is 2.96. The average Bonchev–Trinajstić information content (AvgIpc) is 3.31. The molecule has 2 aliphatic carbocycles. The molecule has 2 atom stereocenters. The second-order valence-corrected chi connectivity index (χ2v) is 9.24. The number of amides is 3. The van der Waals surface area contributed by atoms with Gasteiger partial charge in [-0.3, -0.25) is 4.79 Å². The Balaban J connectivity index is 1.25. The van der Waals surface area contributed by atoms with Crippen LogP contribution in [0.2, 0.25) is 0 Å². The van der Waals surface area contributed by atoms with Gasteiger partial charge in [0, 0.05) is 12.1 Å². The number of anilines is 1. The van der Waals surface area contributed by atoms with Crippen molar-refractivity contribution in [2.45, 2.75) is 30.8 Å². The monoisotopic (exact) mass is 451 g/mol. The number of carbonyl (C=O) groups is 2. The van der Waals surface area contributed by atoms with E-state index in [1.54, 1.807) is 7.11 Å². The molecule has 3 amide bonds. The maximum Gasteiger partial charge on any atom is 0.323 e. The van der Waals surface area contributed by atoms with Gasteiger partial charge < -0.3 is 19.9 Å². The maximum atomic E-state index is 14.7. The number of benzene rings is 2. The maximum absolute atomic E-state index is 14.7. The van der Waals surface area contributed by atoms with Crippen LogP contribution in [-0.2, 0) is 10.3 Å². The van der Waals surface area contributed by atoms with Gasteiger partial charge >= 0.3 is 6.03 Å². The van der Waals surface area contributed by atoms with E-state index < -0.39 is 23.2 Å². The zero-order chi connectivity index (χ0) is 22.9. The first kappa shape index (κ1) is 20.2. The van der Waals surface area contributed by atoms with Gasteiger partial charge in [-0.05, 0) is 60.6 Å². The Bertz CT molecular complexity index is 1210. The van der Waals surface area contributed by atoms with Crippen molar-refractivity contribution in [1.29, 1.82) is 0 Å². The van der Waals surface area contributed by atoms with Gasteiger partial charge in [0.1, 0.15) is 12.3 Å². The van der Waals surface area contributed by atoms with Crippen LogP contribution in [0.25, 0.3) is 5.57 Å². The first-order valence-corrected chi connectivity index (χ1v) is 11.1. The molecule has 6 nitrogen and oxygen atoms in total. The predicted octanol–water partition coefficient (Wildman–Crippen LogP) is 4.12. The van der Waals surface area contributed by atoms with Gasteiger partial charge in [0.05, 0.1) is 24.4 Å². The van der Waals surface area contributed by atoms with Gasteiger partial charge in [-0.15, -0.1) is 0 Å². The molecular formula is C25H23F2N3O3. The molecule has 2 heterocycles. The summed E-state index contributed by atoms with van der Waals surface area (Å²) in [5.41, 5.74) is 1.63. The highest BCUT2D eigenvalue weighted by molar-refractivity contribution is 5.97. The second kappa shape index (κ2) is 7.04. The molecule has 2 bridgehead atoms. The number of hydrogen-bond donors (Lipinski definition) is 1. The lowest BCUT2D eigenvalue weighted by Gasteiger charge is -2.39. The molecule has 1 N–H and O–H groups in total. The molecule has 4 aliphatic rings. The van der Waals surface area contributed by atoms with Crippen molar-refractivity contribution in [3.63, 3.8) is 0 Å². The summed E-state index contributed by atoms with van der Waals surface area (Å²) < 4.78 is 33.9. The number of urea groups is 1. The van der Waals surface area contributed by atoms with E-state index in [1.165, 1.54) is 11.0 Å². The summed E-state index contributed by atoms with van der Waals surface area (Å²) in [6.45, 7) is 0.436. The lowest BCUT2D eigenvalue weighted by Crippen LogP contribution is -2.53. The number of ether oxygens (including phenoxy) is 1. The summed E-state index contributed by atoms with van der Waals surface area (Å²) in [5.74, 6) is -1.04. The van der Waals surface area contributed by atoms with Crippen molar-refractivity contribution in [3.05, 3.63) is 65.2 Å². The number of nitrogens with zero attached hydrogens (tertiary/aromatic N) is 2. The minimum Gasteiger partial charge on any atom is -0.497 e. The molecule has 170 valence electrons. The van der Waals surface area contributed by atoms with Gasteiger partial charge in [0.2, 0.25) is 5.91 Å². The fourth-order valence-corrected chi connectivity index (χ4v) is 5.71. The van der Waals surface area contributed by atoms with Crippen molar-refractivity contribution in [2.24, 2.45) is 5.92 Å². The molecule has 6 rings (SSSR count). The number of likely N-dealkylation sites (tertiary alicyclic amines) is 1. The highest BCUT2D eigenvalue weighted by atomic mass is 19.2. The largest absolute Gasteiger partial charge is 0.497 e. The van der Waals surface area contributed by atoms with Crippen LogP contribution in [-0.4, -0.2) is 48.0 Å². The molecule has 2 aromatic carbocycles. The number of rotatable bonds is 4. The van der Waals surface area contributed by atoms with E-state index in [-0.39, 0.29) is 35.7 Å². The average molecular weight is 451 g/mol. The summed E-state index contributed by atoms with van der Waals surface area (Å²) >= 11 is 0. The molecule has 1 saturated heterocycles. The van der Waals surface area contributed by atoms with Crippen molar-refractivity contribution in [2.75, 3.05) is 25.5 Å².